The Morgan fingerprint density at radius 1 is 1.11 bits per heavy atom. The van der Waals surface area contributed by atoms with Crippen molar-refractivity contribution in [3.05, 3.63) is 35.9 Å². The first-order valence-electron chi connectivity index (χ1n) is 6.53. The summed E-state index contributed by atoms with van der Waals surface area (Å²) in [7, 11) is 3.49. The molecule has 1 rings (SSSR count). The molecule has 0 fully saturated rings. The Morgan fingerprint density at radius 3 is 2.39 bits per heavy atom. The molecule has 0 saturated heterocycles. The van der Waals surface area contributed by atoms with Crippen LogP contribution in [-0.2, 0) is 14.9 Å². The number of nitrogens with one attached hydrogen (secondary N) is 1. The maximum atomic E-state index is 5.44. The van der Waals surface area contributed by atoms with Crippen LogP contribution >= 0.6 is 0 Å². The van der Waals surface area contributed by atoms with Crippen molar-refractivity contribution in [2.75, 3.05) is 40.5 Å². The number of hydrogen-bond donors (Lipinski definition) is 1. The van der Waals surface area contributed by atoms with Crippen molar-refractivity contribution in [3.8, 4) is 0 Å². The summed E-state index contributed by atoms with van der Waals surface area (Å²) in [6, 6.07) is 10.6. The van der Waals surface area contributed by atoms with Gasteiger partial charge in [0.25, 0.3) is 0 Å². The van der Waals surface area contributed by atoms with E-state index < -0.39 is 0 Å². The SMILES string of the molecule is CCC(CNCCOC)(COC)c1ccccc1. The summed E-state index contributed by atoms with van der Waals surface area (Å²) in [6.45, 7) is 5.46. The molecule has 0 spiro atoms. The molecule has 0 saturated carbocycles. The Hall–Kier alpha value is -0.900. The molecule has 18 heavy (non-hydrogen) atoms. The maximum Gasteiger partial charge on any atom is 0.0587 e. The van der Waals surface area contributed by atoms with Gasteiger partial charge in [0.15, 0.2) is 0 Å². The Morgan fingerprint density at radius 2 is 1.83 bits per heavy atom. The van der Waals surface area contributed by atoms with Gasteiger partial charge in [0.05, 0.1) is 13.2 Å². The van der Waals surface area contributed by atoms with Crippen molar-refractivity contribution in [1.29, 1.82) is 0 Å². The molecule has 0 bridgehead atoms. The number of rotatable bonds is 9. The summed E-state index contributed by atoms with van der Waals surface area (Å²) in [5, 5.41) is 3.46. The van der Waals surface area contributed by atoms with Crippen molar-refractivity contribution in [1.82, 2.24) is 5.32 Å². The van der Waals surface area contributed by atoms with E-state index in [1.807, 2.05) is 0 Å². The molecule has 0 heterocycles. The van der Waals surface area contributed by atoms with Crippen molar-refractivity contribution in [2.24, 2.45) is 0 Å². The van der Waals surface area contributed by atoms with E-state index in [-0.39, 0.29) is 5.41 Å². The lowest BCUT2D eigenvalue weighted by Crippen LogP contribution is -2.42. The molecule has 1 aromatic carbocycles. The molecule has 0 amide bonds. The predicted molar refractivity (Wildman–Crippen MR) is 75.0 cm³/mol. The first-order valence-corrected chi connectivity index (χ1v) is 6.53. The highest BCUT2D eigenvalue weighted by Gasteiger charge is 2.29. The van der Waals surface area contributed by atoms with Crippen molar-refractivity contribution < 1.29 is 9.47 Å². The third-order valence-corrected chi connectivity index (χ3v) is 3.43. The minimum atomic E-state index is 0.0454. The largest absolute Gasteiger partial charge is 0.384 e. The van der Waals surface area contributed by atoms with Crippen LogP contribution in [-0.4, -0.2) is 40.5 Å². The zero-order chi connectivity index (χ0) is 13.3. The highest BCUT2D eigenvalue weighted by Crippen LogP contribution is 2.27. The van der Waals surface area contributed by atoms with Crippen LogP contribution in [0.25, 0.3) is 0 Å². The van der Waals surface area contributed by atoms with E-state index in [9.17, 15) is 0 Å². The fraction of sp³-hybridized carbons (Fsp3) is 0.600. The molecule has 0 radical (unpaired) electrons. The highest BCUT2D eigenvalue weighted by atomic mass is 16.5. The lowest BCUT2D eigenvalue weighted by Gasteiger charge is -2.33. The van der Waals surface area contributed by atoms with Crippen LogP contribution in [0.2, 0.25) is 0 Å². The lowest BCUT2D eigenvalue weighted by molar-refractivity contribution is 0.121. The summed E-state index contributed by atoms with van der Waals surface area (Å²) in [5.41, 5.74) is 1.38. The molecule has 3 heteroatoms. The van der Waals surface area contributed by atoms with Crippen LogP contribution in [0.5, 0.6) is 0 Å². The molecule has 1 unspecified atom stereocenters. The standard InChI is InChI=1S/C15H25NO2/c1-4-15(13-18-3,12-16-10-11-17-2)14-8-6-5-7-9-14/h5-9,16H,4,10-13H2,1-3H3. The van der Waals surface area contributed by atoms with Crippen LogP contribution in [0.3, 0.4) is 0 Å². The van der Waals surface area contributed by atoms with E-state index in [2.05, 4.69) is 42.6 Å². The van der Waals surface area contributed by atoms with Gasteiger partial charge in [0, 0.05) is 32.7 Å². The van der Waals surface area contributed by atoms with E-state index in [4.69, 9.17) is 9.47 Å². The van der Waals surface area contributed by atoms with Crippen molar-refractivity contribution >= 4 is 0 Å². The van der Waals surface area contributed by atoms with Gasteiger partial charge in [-0.05, 0) is 12.0 Å². The smallest absolute Gasteiger partial charge is 0.0587 e. The molecule has 1 aromatic rings. The normalized spacial score (nSPS) is 14.4. The molecule has 0 aliphatic heterocycles. The first-order chi connectivity index (χ1) is 8.79. The van der Waals surface area contributed by atoms with Gasteiger partial charge >= 0.3 is 0 Å². The van der Waals surface area contributed by atoms with E-state index in [1.165, 1.54) is 5.56 Å². The van der Waals surface area contributed by atoms with Crippen LogP contribution < -0.4 is 5.32 Å². The van der Waals surface area contributed by atoms with Gasteiger partial charge in [0.2, 0.25) is 0 Å². The molecule has 1 atom stereocenters. The fourth-order valence-electron chi connectivity index (χ4n) is 2.24. The zero-order valence-electron chi connectivity index (χ0n) is 11.7. The van der Waals surface area contributed by atoms with Crippen molar-refractivity contribution in [2.45, 2.75) is 18.8 Å². The monoisotopic (exact) mass is 251 g/mol. The van der Waals surface area contributed by atoms with Crippen LogP contribution in [0.15, 0.2) is 30.3 Å². The number of ether oxygens (including phenoxy) is 2. The Bertz CT molecular complexity index is 316. The van der Waals surface area contributed by atoms with E-state index in [1.54, 1.807) is 14.2 Å². The summed E-state index contributed by atoms with van der Waals surface area (Å²) < 4.78 is 10.5. The number of methoxy groups -OCH3 is 2. The highest BCUT2D eigenvalue weighted by molar-refractivity contribution is 5.26. The average Bonchev–Trinajstić information content (AvgIpc) is 2.43. The van der Waals surface area contributed by atoms with Gasteiger partial charge in [-0.15, -0.1) is 0 Å². The van der Waals surface area contributed by atoms with Gasteiger partial charge in [-0.2, -0.15) is 0 Å². The molecule has 1 N–H and O–H groups in total. The van der Waals surface area contributed by atoms with E-state index in [0.717, 1.165) is 32.7 Å². The van der Waals surface area contributed by atoms with E-state index in [0.29, 0.717) is 0 Å². The number of benzene rings is 1. The second-order valence-corrected chi connectivity index (χ2v) is 4.60. The summed E-state index contributed by atoms with van der Waals surface area (Å²) in [6.07, 6.45) is 1.05. The average molecular weight is 251 g/mol. The molecule has 0 aliphatic carbocycles. The van der Waals surface area contributed by atoms with Gasteiger partial charge < -0.3 is 14.8 Å². The number of hydrogen-bond acceptors (Lipinski definition) is 3. The van der Waals surface area contributed by atoms with Crippen LogP contribution in [0, 0.1) is 0 Å². The predicted octanol–water partition coefficient (Wildman–Crippen LogP) is 2.22. The minimum Gasteiger partial charge on any atom is -0.384 e. The van der Waals surface area contributed by atoms with Crippen LogP contribution in [0.1, 0.15) is 18.9 Å². The van der Waals surface area contributed by atoms with Crippen LogP contribution in [0.4, 0.5) is 0 Å². The zero-order valence-corrected chi connectivity index (χ0v) is 11.7. The second kappa shape index (κ2) is 8.25. The summed E-state index contributed by atoms with van der Waals surface area (Å²) >= 11 is 0. The van der Waals surface area contributed by atoms with E-state index >= 15 is 0 Å². The second-order valence-electron chi connectivity index (χ2n) is 4.60. The Labute approximate surface area is 110 Å². The topological polar surface area (TPSA) is 30.5 Å². The molecular formula is C15H25NO2. The Balaban J connectivity index is 2.74. The lowest BCUT2D eigenvalue weighted by atomic mass is 9.78. The third-order valence-electron chi connectivity index (χ3n) is 3.43. The third kappa shape index (κ3) is 4.09. The Kier molecular flexibility index (Phi) is 6.94. The van der Waals surface area contributed by atoms with Gasteiger partial charge in [-0.3, -0.25) is 0 Å². The summed E-state index contributed by atoms with van der Waals surface area (Å²) in [4.78, 5) is 0. The minimum absolute atomic E-state index is 0.0454. The van der Waals surface area contributed by atoms with Gasteiger partial charge in [0.1, 0.15) is 0 Å². The molecular weight excluding hydrogens is 226 g/mol. The molecule has 102 valence electrons. The quantitative estimate of drug-likeness (QED) is 0.683. The first kappa shape index (κ1) is 15.2. The van der Waals surface area contributed by atoms with Gasteiger partial charge in [-0.25, -0.2) is 0 Å². The maximum absolute atomic E-state index is 5.44. The molecule has 0 aromatic heterocycles. The molecule has 3 nitrogen and oxygen atoms in total. The summed E-state index contributed by atoms with van der Waals surface area (Å²) in [5.74, 6) is 0. The molecule has 0 aliphatic rings. The van der Waals surface area contributed by atoms with Gasteiger partial charge in [-0.1, -0.05) is 37.3 Å². The fourth-order valence-corrected chi connectivity index (χ4v) is 2.24. The van der Waals surface area contributed by atoms with Crippen molar-refractivity contribution in [3.63, 3.8) is 0 Å².